The molecule has 0 aliphatic heterocycles. The molecule has 1 amide bonds. The van der Waals surface area contributed by atoms with Gasteiger partial charge in [0.25, 0.3) is 5.91 Å². The number of rotatable bonds is 6. The molecule has 0 fully saturated rings. The second kappa shape index (κ2) is 7.82. The van der Waals surface area contributed by atoms with Crippen LogP contribution < -0.4 is 10.1 Å². The van der Waals surface area contributed by atoms with Crippen molar-refractivity contribution in [1.29, 1.82) is 0 Å². The van der Waals surface area contributed by atoms with Crippen LogP contribution in [0.3, 0.4) is 0 Å². The third kappa shape index (κ3) is 3.61. The predicted octanol–water partition coefficient (Wildman–Crippen LogP) is 4.18. The smallest absolute Gasteiger partial charge is 0.272 e. The van der Waals surface area contributed by atoms with E-state index < -0.39 is 0 Å². The number of fused-ring (bicyclic) bond motifs is 1. The Balaban J connectivity index is 1.53. The van der Waals surface area contributed by atoms with E-state index in [1.165, 1.54) is 23.5 Å². The summed E-state index contributed by atoms with van der Waals surface area (Å²) in [6, 6.07) is 13.8. The van der Waals surface area contributed by atoms with E-state index in [9.17, 15) is 9.18 Å². The number of halogens is 1. The van der Waals surface area contributed by atoms with E-state index in [1.807, 2.05) is 40.2 Å². The van der Waals surface area contributed by atoms with Gasteiger partial charge in [-0.05, 0) is 48.4 Å². The van der Waals surface area contributed by atoms with Crippen LogP contribution in [0.4, 0.5) is 4.39 Å². The Kier molecular flexibility index (Phi) is 5.08. The molecule has 2 aromatic heterocycles. The van der Waals surface area contributed by atoms with Crippen LogP contribution in [0.5, 0.6) is 5.75 Å². The Bertz CT molecular complexity index is 1100. The quantitative estimate of drug-likeness (QED) is 0.533. The molecule has 28 heavy (non-hydrogen) atoms. The van der Waals surface area contributed by atoms with Gasteiger partial charge in [-0.2, -0.15) is 0 Å². The largest absolute Gasteiger partial charge is 0.497 e. The van der Waals surface area contributed by atoms with E-state index in [0.717, 1.165) is 21.8 Å². The molecule has 4 aromatic rings. The minimum atomic E-state index is -0.319. The van der Waals surface area contributed by atoms with Gasteiger partial charge in [-0.1, -0.05) is 12.1 Å². The lowest BCUT2D eigenvalue weighted by Crippen LogP contribution is -2.26. The van der Waals surface area contributed by atoms with Crippen LogP contribution in [0.1, 0.15) is 16.1 Å². The zero-order valence-electron chi connectivity index (χ0n) is 15.2. The Hall–Kier alpha value is -3.19. The van der Waals surface area contributed by atoms with Crippen molar-refractivity contribution in [3.8, 4) is 17.0 Å². The summed E-state index contributed by atoms with van der Waals surface area (Å²) in [6.45, 7) is 0.485. The lowest BCUT2D eigenvalue weighted by molar-refractivity contribution is 0.0950. The first-order chi connectivity index (χ1) is 13.7. The maximum absolute atomic E-state index is 13.3. The van der Waals surface area contributed by atoms with Crippen molar-refractivity contribution in [1.82, 2.24) is 14.7 Å². The molecule has 0 atom stereocenters. The molecule has 2 aromatic carbocycles. The molecule has 0 aliphatic rings. The number of hydrogen-bond acceptors (Lipinski definition) is 4. The number of benzene rings is 2. The molecule has 1 N–H and O–H groups in total. The molecule has 7 heteroatoms. The van der Waals surface area contributed by atoms with E-state index in [-0.39, 0.29) is 11.7 Å². The summed E-state index contributed by atoms with van der Waals surface area (Å²) in [5.74, 6) is 0.235. The number of thiazole rings is 1. The van der Waals surface area contributed by atoms with Gasteiger partial charge >= 0.3 is 0 Å². The van der Waals surface area contributed by atoms with Crippen molar-refractivity contribution < 1.29 is 13.9 Å². The Morgan fingerprint density at radius 1 is 1.18 bits per heavy atom. The average Bonchev–Trinajstić information content (AvgIpc) is 3.30. The third-order valence-corrected chi connectivity index (χ3v) is 5.21. The number of nitrogens with zero attached hydrogens (tertiary/aromatic N) is 2. The fourth-order valence-corrected chi connectivity index (χ4v) is 3.74. The van der Waals surface area contributed by atoms with Crippen LogP contribution in [-0.4, -0.2) is 28.9 Å². The Morgan fingerprint density at radius 2 is 1.93 bits per heavy atom. The minimum Gasteiger partial charge on any atom is -0.497 e. The van der Waals surface area contributed by atoms with Gasteiger partial charge in [0.15, 0.2) is 10.7 Å². The molecular weight excluding hydrogens is 377 g/mol. The van der Waals surface area contributed by atoms with Gasteiger partial charge in [0.05, 0.1) is 12.8 Å². The minimum absolute atomic E-state index is 0.247. The summed E-state index contributed by atoms with van der Waals surface area (Å²) in [5.41, 5.74) is 2.85. The first-order valence-corrected chi connectivity index (χ1v) is 9.66. The first-order valence-electron chi connectivity index (χ1n) is 8.78. The lowest BCUT2D eigenvalue weighted by Gasteiger charge is -2.07. The van der Waals surface area contributed by atoms with Crippen LogP contribution >= 0.6 is 11.3 Å². The maximum Gasteiger partial charge on any atom is 0.272 e. The standard InChI is InChI=1S/C21H18FN3O2S/c1-27-17-8-2-14(3-9-17)10-11-23-20(26)18-19(15-4-6-16(22)7-5-15)25-12-13-28-21(25)24-18/h2-9,12-13H,10-11H2,1H3,(H,23,26). The van der Waals surface area contributed by atoms with Crippen LogP contribution in [0.2, 0.25) is 0 Å². The normalized spacial score (nSPS) is 10.9. The van der Waals surface area contributed by atoms with E-state index in [0.29, 0.717) is 24.4 Å². The van der Waals surface area contributed by atoms with Crippen molar-refractivity contribution >= 4 is 22.2 Å². The zero-order valence-corrected chi connectivity index (χ0v) is 16.0. The van der Waals surface area contributed by atoms with Gasteiger partial charge in [0, 0.05) is 23.7 Å². The van der Waals surface area contributed by atoms with Crippen LogP contribution in [0.15, 0.2) is 60.1 Å². The van der Waals surface area contributed by atoms with Gasteiger partial charge in [-0.15, -0.1) is 11.3 Å². The molecule has 0 radical (unpaired) electrons. The molecule has 2 heterocycles. The predicted molar refractivity (Wildman–Crippen MR) is 107 cm³/mol. The second-order valence-electron chi connectivity index (χ2n) is 6.23. The highest BCUT2D eigenvalue weighted by Gasteiger charge is 2.20. The number of hydrogen-bond donors (Lipinski definition) is 1. The molecule has 4 rings (SSSR count). The summed E-state index contributed by atoms with van der Waals surface area (Å²) in [7, 11) is 1.63. The molecule has 0 unspecified atom stereocenters. The molecule has 0 spiro atoms. The van der Waals surface area contributed by atoms with E-state index in [1.54, 1.807) is 19.2 Å². The highest BCUT2D eigenvalue weighted by Crippen LogP contribution is 2.27. The lowest BCUT2D eigenvalue weighted by atomic mass is 10.1. The van der Waals surface area contributed by atoms with Crippen LogP contribution in [0.25, 0.3) is 16.2 Å². The highest BCUT2D eigenvalue weighted by atomic mass is 32.1. The third-order valence-electron chi connectivity index (χ3n) is 4.45. The van der Waals surface area contributed by atoms with Gasteiger partial charge in [0.1, 0.15) is 11.6 Å². The van der Waals surface area contributed by atoms with E-state index in [4.69, 9.17) is 4.74 Å². The first kappa shape index (κ1) is 18.2. The summed E-state index contributed by atoms with van der Waals surface area (Å²) < 4.78 is 20.3. The number of nitrogens with one attached hydrogen (secondary N) is 1. The van der Waals surface area contributed by atoms with Crippen LogP contribution in [-0.2, 0) is 6.42 Å². The van der Waals surface area contributed by atoms with Crippen molar-refractivity contribution in [3.63, 3.8) is 0 Å². The molecule has 5 nitrogen and oxygen atoms in total. The van der Waals surface area contributed by atoms with E-state index in [2.05, 4.69) is 10.3 Å². The summed E-state index contributed by atoms with van der Waals surface area (Å²) in [5, 5.41) is 4.84. The molecule has 0 bridgehead atoms. The second-order valence-corrected chi connectivity index (χ2v) is 7.10. The zero-order chi connectivity index (χ0) is 19.5. The number of ether oxygens (including phenoxy) is 1. The van der Waals surface area contributed by atoms with Gasteiger partial charge < -0.3 is 10.1 Å². The monoisotopic (exact) mass is 395 g/mol. The van der Waals surface area contributed by atoms with Gasteiger partial charge in [-0.25, -0.2) is 9.37 Å². The van der Waals surface area contributed by atoms with Crippen LogP contribution in [0, 0.1) is 5.82 Å². The van der Waals surface area contributed by atoms with Gasteiger partial charge in [0.2, 0.25) is 0 Å². The number of amides is 1. The Labute approximate surface area is 165 Å². The van der Waals surface area contributed by atoms with Crippen molar-refractivity contribution in [2.75, 3.05) is 13.7 Å². The maximum atomic E-state index is 13.3. The fraction of sp³-hybridized carbons (Fsp3) is 0.143. The SMILES string of the molecule is COc1ccc(CCNC(=O)c2nc3sccn3c2-c2ccc(F)cc2)cc1. The van der Waals surface area contributed by atoms with Crippen molar-refractivity contribution in [2.24, 2.45) is 0 Å². The average molecular weight is 395 g/mol. The number of carbonyl (C=O) groups excluding carboxylic acids is 1. The van der Waals surface area contributed by atoms with Crippen molar-refractivity contribution in [2.45, 2.75) is 6.42 Å². The molecular formula is C21H18FN3O2S. The summed E-state index contributed by atoms with van der Waals surface area (Å²) in [6.07, 6.45) is 2.56. The number of imidazole rings is 1. The molecule has 0 saturated heterocycles. The molecule has 142 valence electrons. The van der Waals surface area contributed by atoms with E-state index >= 15 is 0 Å². The summed E-state index contributed by atoms with van der Waals surface area (Å²) >= 11 is 1.45. The molecule has 0 saturated carbocycles. The topological polar surface area (TPSA) is 55.6 Å². The number of methoxy groups -OCH3 is 1. The Morgan fingerprint density at radius 3 is 2.64 bits per heavy atom. The number of aromatic nitrogens is 2. The highest BCUT2D eigenvalue weighted by molar-refractivity contribution is 7.15. The summed E-state index contributed by atoms with van der Waals surface area (Å²) in [4.78, 5) is 18.0. The van der Waals surface area contributed by atoms with Crippen molar-refractivity contribution in [3.05, 3.63) is 77.2 Å². The fourth-order valence-electron chi connectivity index (χ4n) is 3.02. The molecule has 0 aliphatic carbocycles. The number of carbonyl (C=O) groups is 1. The van der Waals surface area contributed by atoms with Gasteiger partial charge in [-0.3, -0.25) is 9.20 Å².